The van der Waals surface area contributed by atoms with E-state index in [9.17, 15) is 14.4 Å². The molecule has 6 nitrogen and oxygen atoms in total. The van der Waals surface area contributed by atoms with Crippen LogP contribution in [0, 0.1) is 0 Å². The Morgan fingerprint density at radius 2 is 1.80 bits per heavy atom. The SMILES string of the molecule is O=C(O)Cn1c(=O)[nH]c(=O)c2cc3ccccc3cc21. The Kier molecular flexibility index (Phi) is 2.64. The van der Waals surface area contributed by atoms with Crippen LogP contribution in [0.3, 0.4) is 0 Å². The van der Waals surface area contributed by atoms with Crippen LogP contribution in [0.1, 0.15) is 0 Å². The van der Waals surface area contributed by atoms with Crippen LogP contribution >= 0.6 is 0 Å². The lowest BCUT2D eigenvalue weighted by Crippen LogP contribution is -2.32. The van der Waals surface area contributed by atoms with Crippen LogP contribution in [0.5, 0.6) is 0 Å². The van der Waals surface area contributed by atoms with Crippen molar-refractivity contribution in [3.8, 4) is 0 Å². The summed E-state index contributed by atoms with van der Waals surface area (Å²) < 4.78 is 1.05. The summed E-state index contributed by atoms with van der Waals surface area (Å²) in [5.41, 5.74) is -0.919. The third-order valence-electron chi connectivity index (χ3n) is 3.16. The van der Waals surface area contributed by atoms with E-state index in [4.69, 9.17) is 5.11 Å². The smallest absolute Gasteiger partial charge is 0.329 e. The van der Waals surface area contributed by atoms with E-state index in [1.54, 1.807) is 12.1 Å². The maximum absolute atomic E-state index is 11.9. The Morgan fingerprint density at radius 3 is 2.45 bits per heavy atom. The molecule has 100 valence electrons. The lowest BCUT2D eigenvalue weighted by Gasteiger charge is -2.08. The molecule has 0 amide bonds. The van der Waals surface area contributed by atoms with Crippen molar-refractivity contribution in [1.82, 2.24) is 9.55 Å². The van der Waals surface area contributed by atoms with Gasteiger partial charge in [0.2, 0.25) is 0 Å². The first-order valence-corrected chi connectivity index (χ1v) is 5.94. The molecule has 0 fully saturated rings. The van der Waals surface area contributed by atoms with Gasteiger partial charge in [0, 0.05) is 0 Å². The lowest BCUT2D eigenvalue weighted by atomic mass is 10.1. The van der Waals surface area contributed by atoms with Crippen LogP contribution in [-0.2, 0) is 11.3 Å². The van der Waals surface area contributed by atoms with Gasteiger partial charge in [-0.1, -0.05) is 24.3 Å². The highest BCUT2D eigenvalue weighted by Crippen LogP contribution is 2.19. The molecule has 0 aliphatic heterocycles. The van der Waals surface area contributed by atoms with Gasteiger partial charge in [-0.3, -0.25) is 19.1 Å². The zero-order chi connectivity index (χ0) is 14.3. The second kappa shape index (κ2) is 4.34. The molecule has 2 N–H and O–H groups in total. The van der Waals surface area contributed by atoms with Gasteiger partial charge in [-0.15, -0.1) is 0 Å². The molecule has 0 saturated heterocycles. The van der Waals surface area contributed by atoms with E-state index in [-0.39, 0.29) is 0 Å². The number of rotatable bonds is 2. The maximum atomic E-state index is 11.9. The zero-order valence-electron chi connectivity index (χ0n) is 10.3. The predicted molar refractivity (Wildman–Crippen MR) is 74.0 cm³/mol. The van der Waals surface area contributed by atoms with Gasteiger partial charge in [0.25, 0.3) is 5.56 Å². The van der Waals surface area contributed by atoms with Crippen LogP contribution in [-0.4, -0.2) is 20.6 Å². The average molecular weight is 270 g/mol. The summed E-state index contributed by atoms with van der Waals surface area (Å²) in [6, 6.07) is 10.7. The van der Waals surface area contributed by atoms with E-state index in [0.717, 1.165) is 15.3 Å². The summed E-state index contributed by atoms with van der Waals surface area (Å²) >= 11 is 0. The van der Waals surface area contributed by atoms with Crippen molar-refractivity contribution >= 4 is 27.6 Å². The van der Waals surface area contributed by atoms with Crippen LogP contribution in [0.4, 0.5) is 0 Å². The predicted octanol–water partition coefficient (Wildman–Crippen LogP) is 0.928. The molecule has 0 spiro atoms. The number of carboxylic acids is 1. The van der Waals surface area contributed by atoms with Crippen molar-refractivity contribution in [1.29, 1.82) is 0 Å². The van der Waals surface area contributed by atoms with E-state index in [2.05, 4.69) is 4.98 Å². The van der Waals surface area contributed by atoms with Crippen LogP contribution in [0.25, 0.3) is 21.7 Å². The summed E-state index contributed by atoms with van der Waals surface area (Å²) in [6.45, 7) is -0.496. The Hall–Kier alpha value is -2.89. The number of aliphatic carboxylic acids is 1. The van der Waals surface area contributed by atoms with E-state index >= 15 is 0 Å². The Labute approximate surface area is 111 Å². The first-order valence-electron chi connectivity index (χ1n) is 5.94. The molecule has 0 bridgehead atoms. The van der Waals surface area contributed by atoms with Crippen molar-refractivity contribution in [3.05, 3.63) is 57.2 Å². The second-order valence-corrected chi connectivity index (χ2v) is 4.46. The zero-order valence-corrected chi connectivity index (χ0v) is 10.3. The fourth-order valence-corrected chi connectivity index (χ4v) is 2.27. The average Bonchev–Trinajstić information content (AvgIpc) is 2.41. The summed E-state index contributed by atoms with van der Waals surface area (Å²) in [4.78, 5) is 36.6. The molecular weight excluding hydrogens is 260 g/mol. The third-order valence-corrected chi connectivity index (χ3v) is 3.16. The molecule has 0 radical (unpaired) electrons. The summed E-state index contributed by atoms with van der Waals surface area (Å²) in [7, 11) is 0. The Balaban J connectivity index is 2.49. The number of H-pyrrole nitrogens is 1. The number of aromatic amines is 1. The lowest BCUT2D eigenvalue weighted by molar-refractivity contribution is -0.137. The van der Waals surface area contributed by atoms with E-state index in [0.29, 0.717) is 10.9 Å². The van der Waals surface area contributed by atoms with Gasteiger partial charge in [0.15, 0.2) is 0 Å². The molecule has 6 heteroatoms. The third kappa shape index (κ3) is 1.87. The normalized spacial score (nSPS) is 11.0. The number of carboxylic acid groups (broad SMARTS) is 1. The highest BCUT2D eigenvalue weighted by atomic mass is 16.4. The molecule has 1 aromatic heterocycles. The van der Waals surface area contributed by atoms with Gasteiger partial charge in [0.1, 0.15) is 6.54 Å². The fraction of sp³-hybridized carbons (Fsp3) is 0.0714. The monoisotopic (exact) mass is 270 g/mol. The largest absolute Gasteiger partial charge is 0.480 e. The van der Waals surface area contributed by atoms with Gasteiger partial charge in [-0.25, -0.2) is 4.79 Å². The van der Waals surface area contributed by atoms with Gasteiger partial charge >= 0.3 is 11.7 Å². The van der Waals surface area contributed by atoms with Gasteiger partial charge in [0.05, 0.1) is 10.9 Å². The number of nitrogens with one attached hydrogen (secondary N) is 1. The van der Waals surface area contributed by atoms with E-state index < -0.39 is 23.8 Å². The first kappa shape index (κ1) is 12.2. The number of hydrogen-bond donors (Lipinski definition) is 2. The number of benzene rings is 2. The summed E-state index contributed by atoms with van der Waals surface area (Å²) in [6.07, 6.45) is 0. The van der Waals surface area contributed by atoms with Crippen molar-refractivity contribution in [3.63, 3.8) is 0 Å². The number of carbonyl (C=O) groups is 1. The number of fused-ring (bicyclic) bond motifs is 2. The molecule has 20 heavy (non-hydrogen) atoms. The van der Waals surface area contributed by atoms with Crippen LogP contribution < -0.4 is 11.2 Å². The quantitative estimate of drug-likeness (QED) is 0.677. The summed E-state index contributed by atoms with van der Waals surface area (Å²) in [5.74, 6) is -1.14. The molecule has 2 aromatic carbocycles. The minimum Gasteiger partial charge on any atom is -0.480 e. The Bertz CT molecular complexity index is 953. The molecule has 0 saturated carbocycles. The molecule has 1 heterocycles. The maximum Gasteiger partial charge on any atom is 0.329 e. The fourth-order valence-electron chi connectivity index (χ4n) is 2.27. The number of hydrogen-bond acceptors (Lipinski definition) is 3. The highest BCUT2D eigenvalue weighted by Gasteiger charge is 2.11. The molecular formula is C14H10N2O4. The van der Waals surface area contributed by atoms with E-state index in [1.165, 1.54) is 0 Å². The second-order valence-electron chi connectivity index (χ2n) is 4.46. The number of nitrogens with zero attached hydrogens (tertiary/aromatic N) is 1. The van der Waals surface area contributed by atoms with Gasteiger partial charge < -0.3 is 5.11 Å². The number of aromatic nitrogens is 2. The topological polar surface area (TPSA) is 92.2 Å². The van der Waals surface area contributed by atoms with Crippen molar-refractivity contribution < 1.29 is 9.90 Å². The molecule has 3 rings (SSSR count). The van der Waals surface area contributed by atoms with E-state index in [1.807, 2.05) is 24.3 Å². The highest BCUT2D eigenvalue weighted by molar-refractivity contribution is 5.96. The molecule has 0 atom stereocenters. The first-order chi connectivity index (χ1) is 9.56. The molecule has 0 aliphatic carbocycles. The van der Waals surface area contributed by atoms with Crippen molar-refractivity contribution in [2.75, 3.05) is 0 Å². The van der Waals surface area contributed by atoms with Gasteiger partial charge in [-0.2, -0.15) is 0 Å². The minimum absolute atomic E-state index is 0.296. The van der Waals surface area contributed by atoms with Crippen molar-refractivity contribution in [2.45, 2.75) is 6.54 Å². The van der Waals surface area contributed by atoms with Crippen LogP contribution in [0.2, 0.25) is 0 Å². The van der Waals surface area contributed by atoms with Crippen LogP contribution in [0.15, 0.2) is 46.0 Å². The molecule has 0 aliphatic rings. The summed E-state index contributed by atoms with van der Waals surface area (Å²) in [5, 5.41) is 10.9. The minimum atomic E-state index is -1.14. The molecule has 3 aromatic rings. The van der Waals surface area contributed by atoms with Crippen molar-refractivity contribution in [2.24, 2.45) is 0 Å². The standard InChI is InChI=1S/C14H10N2O4/c17-12(18)7-16-11-6-9-4-2-1-3-8(9)5-10(11)13(19)15-14(16)20/h1-6H,7H2,(H,17,18)(H,15,19,20). The Morgan fingerprint density at radius 1 is 1.15 bits per heavy atom. The molecule has 0 unspecified atom stereocenters. The van der Waals surface area contributed by atoms with Gasteiger partial charge in [-0.05, 0) is 22.9 Å².